The fraction of sp³-hybridized carbons (Fsp3) is 0.333. The molecular formula is C15H16N2OS. The van der Waals surface area contributed by atoms with Crippen LogP contribution in [0.2, 0.25) is 0 Å². The molecule has 4 heteroatoms. The lowest BCUT2D eigenvalue weighted by Gasteiger charge is -2.13. The molecule has 19 heavy (non-hydrogen) atoms. The van der Waals surface area contributed by atoms with Crippen molar-refractivity contribution in [3.63, 3.8) is 0 Å². The predicted octanol–water partition coefficient (Wildman–Crippen LogP) is 2.58. The SMILES string of the molecule is Cc1cc(=O)n(CC2Cc3ccccc3S2)c(C)n1. The molecule has 3 rings (SSSR count). The van der Waals surface area contributed by atoms with Crippen LogP contribution in [0.5, 0.6) is 0 Å². The molecule has 0 aliphatic carbocycles. The topological polar surface area (TPSA) is 34.9 Å². The van der Waals surface area contributed by atoms with Gasteiger partial charge in [-0.2, -0.15) is 0 Å². The highest BCUT2D eigenvalue weighted by Crippen LogP contribution is 2.37. The number of aryl methyl sites for hydroxylation is 2. The number of nitrogens with zero attached hydrogens (tertiary/aromatic N) is 2. The van der Waals surface area contributed by atoms with Crippen LogP contribution in [-0.4, -0.2) is 14.8 Å². The Kier molecular flexibility index (Phi) is 3.19. The summed E-state index contributed by atoms with van der Waals surface area (Å²) in [5.74, 6) is 0.807. The van der Waals surface area contributed by atoms with E-state index in [0.29, 0.717) is 5.25 Å². The van der Waals surface area contributed by atoms with E-state index < -0.39 is 0 Å². The van der Waals surface area contributed by atoms with Crippen LogP contribution >= 0.6 is 11.8 Å². The molecule has 1 aliphatic rings. The van der Waals surface area contributed by atoms with Crippen molar-refractivity contribution >= 4 is 11.8 Å². The summed E-state index contributed by atoms with van der Waals surface area (Å²) in [5.41, 5.74) is 2.24. The van der Waals surface area contributed by atoms with E-state index in [-0.39, 0.29) is 5.56 Å². The van der Waals surface area contributed by atoms with E-state index in [9.17, 15) is 4.79 Å². The average Bonchev–Trinajstić information content (AvgIpc) is 2.76. The van der Waals surface area contributed by atoms with Gasteiger partial charge >= 0.3 is 0 Å². The zero-order valence-electron chi connectivity index (χ0n) is 11.1. The Balaban J connectivity index is 1.84. The molecule has 0 saturated carbocycles. The minimum absolute atomic E-state index is 0.0570. The molecule has 3 nitrogen and oxygen atoms in total. The lowest BCUT2D eigenvalue weighted by Crippen LogP contribution is -2.28. The van der Waals surface area contributed by atoms with Crippen molar-refractivity contribution in [2.24, 2.45) is 0 Å². The Hall–Kier alpha value is -1.55. The molecule has 0 saturated heterocycles. The van der Waals surface area contributed by atoms with Crippen LogP contribution < -0.4 is 5.56 Å². The molecule has 2 aromatic rings. The number of thioether (sulfide) groups is 1. The second kappa shape index (κ2) is 4.85. The highest BCUT2D eigenvalue weighted by atomic mass is 32.2. The normalized spacial score (nSPS) is 17.5. The van der Waals surface area contributed by atoms with E-state index in [1.165, 1.54) is 10.5 Å². The smallest absolute Gasteiger partial charge is 0.253 e. The number of benzene rings is 1. The van der Waals surface area contributed by atoms with Crippen molar-refractivity contribution in [2.45, 2.75) is 37.0 Å². The zero-order chi connectivity index (χ0) is 13.4. The second-order valence-corrected chi connectivity index (χ2v) is 6.29. The van der Waals surface area contributed by atoms with E-state index in [4.69, 9.17) is 0 Å². The van der Waals surface area contributed by atoms with E-state index >= 15 is 0 Å². The third-order valence-corrected chi connectivity index (χ3v) is 4.73. The standard InChI is InChI=1S/C15H16N2OS/c1-10-7-15(18)17(11(2)16-10)9-13-8-12-5-3-4-6-14(12)19-13/h3-7,13H,8-9H2,1-2H3. The molecule has 0 spiro atoms. The highest BCUT2D eigenvalue weighted by Gasteiger charge is 2.22. The predicted molar refractivity (Wildman–Crippen MR) is 77.8 cm³/mol. The molecule has 1 aromatic carbocycles. The van der Waals surface area contributed by atoms with Gasteiger partial charge in [-0.15, -0.1) is 11.8 Å². The van der Waals surface area contributed by atoms with Gasteiger partial charge in [-0.25, -0.2) is 4.98 Å². The molecule has 0 bridgehead atoms. The molecule has 0 radical (unpaired) electrons. The van der Waals surface area contributed by atoms with Crippen LogP contribution in [0, 0.1) is 13.8 Å². The van der Waals surface area contributed by atoms with Gasteiger partial charge in [-0.3, -0.25) is 9.36 Å². The van der Waals surface area contributed by atoms with Crippen LogP contribution in [0.4, 0.5) is 0 Å². The molecule has 1 unspecified atom stereocenters. The second-order valence-electron chi connectivity index (χ2n) is 4.95. The summed E-state index contributed by atoms with van der Waals surface area (Å²) in [4.78, 5) is 17.8. The van der Waals surface area contributed by atoms with Crippen molar-refractivity contribution in [3.8, 4) is 0 Å². The van der Waals surface area contributed by atoms with Gasteiger partial charge in [0.05, 0.1) is 0 Å². The minimum atomic E-state index is 0.0570. The molecule has 0 N–H and O–H groups in total. The highest BCUT2D eigenvalue weighted by molar-refractivity contribution is 8.00. The minimum Gasteiger partial charge on any atom is -0.296 e. The van der Waals surface area contributed by atoms with Crippen molar-refractivity contribution < 1.29 is 0 Å². The lowest BCUT2D eigenvalue weighted by atomic mass is 10.1. The third-order valence-electron chi connectivity index (χ3n) is 3.43. The van der Waals surface area contributed by atoms with Gasteiger partial charge in [0.25, 0.3) is 5.56 Å². The summed E-state index contributed by atoms with van der Waals surface area (Å²) in [6.45, 7) is 4.50. The number of fused-ring (bicyclic) bond motifs is 1. The largest absolute Gasteiger partial charge is 0.296 e. The molecule has 0 fully saturated rings. The van der Waals surface area contributed by atoms with Gasteiger partial charge in [0.1, 0.15) is 5.82 Å². The first kappa shape index (κ1) is 12.5. The lowest BCUT2D eigenvalue weighted by molar-refractivity contribution is 0.606. The summed E-state index contributed by atoms with van der Waals surface area (Å²) in [7, 11) is 0. The van der Waals surface area contributed by atoms with Crippen LogP contribution in [0.3, 0.4) is 0 Å². The first-order valence-corrected chi connectivity index (χ1v) is 7.31. The van der Waals surface area contributed by atoms with E-state index in [1.54, 1.807) is 10.6 Å². The van der Waals surface area contributed by atoms with Gasteiger partial charge in [-0.1, -0.05) is 18.2 Å². The summed E-state index contributed by atoms with van der Waals surface area (Å²) < 4.78 is 1.79. The number of hydrogen-bond acceptors (Lipinski definition) is 3. The van der Waals surface area contributed by atoms with Crippen molar-refractivity contribution in [1.29, 1.82) is 0 Å². The van der Waals surface area contributed by atoms with E-state index in [0.717, 1.165) is 24.5 Å². The molecule has 2 heterocycles. The summed E-state index contributed by atoms with van der Waals surface area (Å²) in [6, 6.07) is 10.1. The molecular weight excluding hydrogens is 256 g/mol. The fourth-order valence-corrected chi connectivity index (χ4v) is 3.85. The zero-order valence-corrected chi connectivity index (χ0v) is 11.9. The molecule has 1 atom stereocenters. The summed E-state index contributed by atoms with van der Waals surface area (Å²) in [6.07, 6.45) is 1.03. The van der Waals surface area contributed by atoms with Gasteiger partial charge in [-0.05, 0) is 31.9 Å². The fourth-order valence-electron chi connectivity index (χ4n) is 2.55. The van der Waals surface area contributed by atoms with Crippen molar-refractivity contribution in [2.75, 3.05) is 0 Å². The number of aromatic nitrogens is 2. The van der Waals surface area contributed by atoms with Crippen LogP contribution in [-0.2, 0) is 13.0 Å². The van der Waals surface area contributed by atoms with E-state index in [1.807, 2.05) is 25.6 Å². The molecule has 98 valence electrons. The van der Waals surface area contributed by atoms with Gasteiger partial charge in [0.2, 0.25) is 0 Å². The quantitative estimate of drug-likeness (QED) is 0.843. The van der Waals surface area contributed by atoms with E-state index in [2.05, 4.69) is 29.2 Å². The van der Waals surface area contributed by atoms with Crippen LogP contribution in [0.1, 0.15) is 17.1 Å². The van der Waals surface area contributed by atoms with Crippen LogP contribution in [0.15, 0.2) is 40.0 Å². The first-order chi connectivity index (χ1) is 9.13. The van der Waals surface area contributed by atoms with Crippen molar-refractivity contribution in [1.82, 2.24) is 9.55 Å². The molecule has 1 aromatic heterocycles. The van der Waals surface area contributed by atoms with Gasteiger partial charge in [0.15, 0.2) is 0 Å². The van der Waals surface area contributed by atoms with Crippen LogP contribution in [0.25, 0.3) is 0 Å². The average molecular weight is 272 g/mol. The number of hydrogen-bond donors (Lipinski definition) is 0. The van der Waals surface area contributed by atoms with Gasteiger partial charge < -0.3 is 0 Å². The van der Waals surface area contributed by atoms with Gasteiger partial charge in [0, 0.05) is 28.5 Å². The van der Waals surface area contributed by atoms with Crippen molar-refractivity contribution in [3.05, 3.63) is 57.8 Å². The Morgan fingerprint density at radius 2 is 2.16 bits per heavy atom. The first-order valence-electron chi connectivity index (χ1n) is 6.43. The maximum absolute atomic E-state index is 12.0. The molecule has 1 aliphatic heterocycles. The third kappa shape index (κ3) is 2.45. The number of rotatable bonds is 2. The Morgan fingerprint density at radius 3 is 2.89 bits per heavy atom. The summed E-state index contributed by atoms with van der Waals surface area (Å²) in [5, 5.41) is 0.429. The Bertz CT molecular complexity index is 653. The maximum Gasteiger partial charge on any atom is 0.253 e. The monoisotopic (exact) mass is 272 g/mol. The summed E-state index contributed by atoms with van der Waals surface area (Å²) >= 11 is 1.87. The molecule has 0 amide bonds. The maximum atomic E-state index is 12.0. The Morgan fingerprint density at radius 1 is 1.37 bits per heavy atom. The Labute approximate surface area is 116 Å².